The summed E-state index contributed by atoms with van der Waals surface area (Å²) >= 11 is 1.12. The fraction of sp³-hybridized carbons (Fsp3) is 0.409. The molecule has 16 heteroatoms. The molecule has 0 atom stereocenters. The summed E-state index contributed by atoms with van der Waals surface area (Å²) in [6, 6.07) is 8.10. The lowest BCUT2D eigenvalue weighted by atomic mass is 10.1. The summed E-state index contributed by atoms with van der Waals surface area (Å²) in [6.45, 7) is 4.71. The number of hydrogen-bond donors (Lipinski definition) is 3. The fourth-order valence-corrected chi connectivity index (χ4v) is 5.29. The van der Waals surface area contributed by atoms with Gasteiger partial charge in [0.05, 0.1) is 18.0 Å². The molecular formula is C22H27F3N4O7S2. The molecular weight excluding hydrogens is 553 g/mol. The van der Waals surface area contributed by atoms with Crippen molar-refractivity contribution in [1.82, 2.24) is 10.2 Å². The molecule has 1 amide bonds. The molecule has 1 fully saturated rings. The monoisotopic (exact) mass is 580 g/mol. The highest BCUT2D eigenvalue weighted by atomic mass is 32.2. The number of esters is 1. The maximum Gasteiger partial charge on any atom is 0.490 e. The van der Waals surface area contributed by atoms with Gasteiger partial charge in [0.2, 0.25) is 0 Å². The molecule has 0 unspecified atom stereocenters. The molecule has 0 spiro atoms. The number of rotatable bonds is 8. The Balaban J connectivity index is 0.000000638. The number of carboxylic acids is 1. The topological polar surface area (TPSA) is 145 Å². The van der Waals surface area contributed by atoms with Gasteiger partial charge in [-0.3, -0.25) is 14.3 Å². The number of carbonyl (C=O) groups excluding carboxylic acids is 2. The molecule has 11 nitrogen and oxygen atoms in total. The Bertz CT molecular complexity index is 1220. The van der Waals surface area contributed by atoms with E-state index in [1.165, 1.54) is 24.1 Å². The summed E-state index contributed by atoms with van der Waals surface area (Å²) in [5, 5.41) is 12.1. The molecule has 1 aliphatic heterocycles. The maximum atomic E-state index is 12.8. The van der Waals surface area contributed by atoms with Crippen LogP contribution >= 0.6 is 11.3 Å². The summed E-state index contributed by atoms with van der Waals surface area (Å²) in [6.07, 6.45) is -5.08. The largest absolute Gasteiger partial charge is 0.490 e. The van der Waals surface area contributed by atoms with Crippen LogP contribution in [0.4, 0.5) is 24.5 Å². The average molecular weight is 581 g/mol. The Morgan fingerprint density at radius 3 is 2.37 bits per heavy atom. The van der Waals surface area contributed by atoms with Crippen molar-refractivity contribution < 1.29 is 45.8 Å². The first-order valence-electron chi connectivity index (χ1n) is 11.1. The molecule has 0 aliphatic carbocycles. The number of aliphatic carboxylic acids is 1. The van der Waals surface area contributed by atoms with Crippen LogP contribution in [0.15, 0.2) is 39.9 Å². The van der Waals surface area contributed by atoms with Gasteiger partial charge in [0, 0.05) is 38.8 Å². The highest BCUT2D eigenvalue weighted by Crippen LogP contribution is 2.31. The second-order valence-corrected chi connectivity index (χ2v) is 10.6. The SMILES string of the molecule is CCOC(=O)CN(C)C(=O)c1ccc(N2CCNCC2)c(NS(=O)(=O)c2cccs2)c1.O=C(O)C(F)(F)F. The third-order valence-electron chi connectivity index (χ3n) is 4.97. The molecule has 3 N–H and O–H groups in total. The molecule has 0 bridgehead atoms. The van der Waals surface area contributed by atoms with Crippen LogP contribution in [0.2, 0.25) is 0 Å². The van der Waals surface area contributed by atoms with E-state index < -0.39 is 34.0 Å². The van der Waals surface area contributed by atoms with Crippen LogP contribution in [-0.2, 0) is 24.3 Å². The van der Waals surface area contributed by atoms with Crippen LogP contribution in [0.5, 0.6) is 0 Å². The van der Waals surface area contributed by atoms with Gasteiger partial charge in [-0.15, -0.1) is 11.3 Å². The number of anilines is 2. The Labute approximate surface area is 221 Å². The van der Waals surface area contributed by atoms with Gasteiger partial charge in [-0.25, -0.2) is 13.2 Å². The van der Waals surface area contributed by atoms with Crippen molar-refractivity contribution in [2.45, 2.75) is 17.3 Å². The van der Waals surface area contributed by atoms with Crippen molar-refractivity contribution in [1.29, 1.82) is 0 Å². The number of carbonyl (C=O) groups is 3. The summed E-state index contributed by atoms with van der Waals surface area (Å²) in [7, 11) is -2.29. The average Bonchev–Trinajstić information content (AvgIpc) is 3.40. The van der Waals surface area contributed by atoms with Gasteiger partial charge in [-0.1, -0.05) is 6.07 Å². The van der Waals surface area contributed by atoms with Gasteiger partial charge in [-0.2, -0.15) is 13.2 Å². The van der Waals surface area contributed by atoms with Gasteiger partial charge in [0.1, 0.15) is 10.8 Å². The van der Waals surface area contributed by atoms with E-state index in [1.54, 1.807) is 30.5 Å². The smallest absolute Gasteiger partial charge is 0.475 e. The number of benzene rings is 1. The second kappa shape index (κ2) is 13.4. The molecule has 1 aromatic carbocycles. The number of carboxylic acid groups (broad SMARTS) is 1. The molecule has 1 aliphatic rings. The van der Waals surface area contributed by atoms with E-state index >= 15 is 0 Å². The quantitative estimate of drug-likeness (QED) is 0.400. The van der Waals surface area contributed by atoms with Gasteiger partial charge < -0.3 is 25.0 Å². The third kappa shape index (κ3) is 8.88. The third-order valence-corrected chi connectivity index (χ3v) is 7.73. The minimum Gasteiger partial charge on any atom is -0.475 e. The lowest BCUT2D eigenvalue weighted by Gasteiger charge is -2.31. The number of nitrogens with one attached hydrogen (secondary N) is 2. The van der Waals surface area contributed by atoms with Crippen molar-refractivity contribution in [2.24, 2.45) is 0 Å². The predicted molar refractivity (Wildman–Crippen MR) is 134 cm³/mol. The van der Waals surface area contributed by atoms with E-state index in [0.717, 1.165) is 24.4 Å². The fourth-order valence-electron chi connectivity index (χ4n) is 3.24. The molecule has 0 saturated carbocycles. The van der Waals surface area contributed by atoms with Crippen LogP contribution < -0.4 is 14.9 Å². The number of halogens is 3. The summed E-state index contributed by atoms with van der Waals surface area (Å²) in [4.78, 5) is 36.8. The van der Waals surface area contributed by atoms with Crippen LogP contribution in [0, 0.1) is 0 Å². The van der Waals surface area contributed by atoms with E-state index in [1.807, 2.05) is 0 Å². The lowest BCUT2D eigenvalue weighted by molar-refractivity contribution is -0.192. The molecule has 38 heavy (non-hydrogen) atoms. The van der Waals surface area contributed by atoms with Gasteiger partial charge in [0.25, 0.3) is 15.9 Å². The normalized spacial score (nSPS) is 13.7. The van der Waals surface area contributed by atoms with Crippen LogP contribution in [-0.4, -0.2) is 88.8 Å². The minimum atomic E-state index is -5.08. The van der Waals surface area contributed by atoms with Crippen LogP contribution in [0.3, 0.4) is 0 Å². The first kappa shape index (κ1) is 30.9. The van der Waals surface area contributed by atoms with Crippen molar-refractivity contribution >= 4 is 50.6 Å². The van der Waals surface area contributed by atoms with Crippen LogP contribution in [0.25, 0.3) is 0 Å². The number of nitrogens with zero attached hydrogens (tertiary/aromatic N) is 2. The highest BCUT2D eigenvalue weighted by Gasteiger charge is 2.38. The van der Waals surface area contributed by atoms with E-state index in [9.17, 15) is 31.2 Å². The number of ether oxygens (including phenoxy) is 1. The first-order valence-corrected chi connectivity index (χ1v) is 13.5. The van der Waals surface area contributed by atoms with Crippen molar-refractivity contribution in [3.63, 3.8) is 0 Å². The van der Waals surface area contributed by atoms with E-state index in [2.05, 4.69) is 14.9 Å². The molecule has 3 rings (SSSR count). The van der Waals surface area contributed by atoms with Gasteiger partial charge in [0.15, 0.2) is 0 Å². The Morgan fingerprint density at radius 2 is 1.84 bits per heavy atom. The Hall–Kier alpha value is -3.37. The van der Waals surface area contributed by atoms with Crippen molar-refractivity contribution in [3.8, 4) is 0 Å². The summed E-state index contributed by atoms with van der Waals surface area (Å²) in [5.74, 6) is -3.67. The molecule has 1 saturated heterocycles. The number of sulfonamides is 1. The zero-order chi connectivity index (χ0) is 28.5. The van der Waals surface area contributed by atoms with E-state index in [0.29, 0.717) is 24.5 Å². The van der Waals surface area contributed by atoms with Crippen molar-refractivity contribution in [2.75, 3.05) is 56.0 Å². The van der Waals surface area contributed by atoms with E-state index in [4.69, 9.17) is 14.6 Å². The first-order chi connectivity index (χ1) is 17.8. The number of hydrogen-bond acceptors (Lipinski definition) is 9. The number of piperazine rings is 1. The number of amides is 1. The van der Waals surface area contributed by atoms with Gasteiger partial charge in [-0.05, 0) is 36.6 Å². The molecule has 210 valence electrons. The van der Waals surface area contributed by atoms with Crippen molar-refractivity contribution in [3.05, 3.63) is 41.3 Å². The summed E-state index contributed by atoms with van der Waals surface area (Å²) < 4.78 is 65.1. The number of likely N-dealkylation sites (N-methyl/N-ethyl adjacent to an activating group) is 1. The Morgan fingerprint density at radius 1 is 1.21 bits per heavy atom. The maximum absolute atomic E-state index is 12.8. The molecule has 2 heterocycles. The number of alkyl halides is 3. The lowest BCUT2D eigenvalue weighted by Crippen LogP contribution is -2.43. The second-order valence-electron chi connectivity index (χ2n) is 7.78. The highest BCUT2D eigenvalue weighted by molar-refractivity contribution is 7.94. The zero-order valence-electron chi connectivity index (χ0n) is 20.4. The predicted octanol–water partition coefficient (Wildman–Crippen LogP) is 2.23. The van der Waals surface area contributed by atoms with E-state index in [-0.39, 0.29) is 22.9 Å². The molecule has 2 aromatic rings. The van der Waals surface area contributed by atoms with Crippen LogP contribution in [0.1, 0.15) is 17.3 Å². The summed E-state index contributed by atoms with van der Waals surface area (Å²) in [5.41, 5.74) is 1.30. The molecule has 1 aromatic heterocycles. The minimum absolute atomic E-state index is 0.190. The zero-order valence-corrected chi connectivity index (χ0v) is 22.1. The Kier molecular flexibility index (Phi) is 10.9. The van der Waals surface area contributed by atoms with Gasteiger partial charge >= 0.3 is 18.1 Å². The number of thiophene rings is 1. The molecule has 0 radical (unpaired) electrons. The standard InChI is InChI=1S/C20H26N4O5S2.C2HF3O2/c1-3-29-18(25)14-23(2)20(26)15-6-7-17(24-10-8-21-9-11-24)16(13-15)22-31(27,28)19-5-4-12-30-19;3-2(4,5)1(6)7/h4-7,12-13,21-22H,3,8-11,14H2,1-2H3;(H,6,7).